The molecule has 33 heavy (non-hydrogen) atoms. The zero-order valence-corrected chi connectivity index (χ0v) is 16.8. The summed E-state index contributed by atoms with van der Waals surface area (Å²) in [4.78, 5) is 56.4. The monoisotopic (exact) mass is 459 g/mol. The highest BCUT2D eigenvalue weighted by Crippen LogP contribution is 2.19. The number of hydrogen-bond acceptors (Lipinski definition) is 10. The number of rotatable bonds is 7. The van der Waals surface area contributed by atoms with Gasteiger partial charge in [0, 0.05) is 30.0 Å². The van der Waals surface area contributed by atoms with Gasteiger partial charge in [0.05, 0.1) is 18.1 Å². The van der Waals surface area contributed by atoms with Crippen LogP contribution in [0.4, 0.5) is 17.1 Å². The van der Waals surface area contributed by atoms with Crippen molar-refractivity contribution < 1.29 is 40.0 Å². The molecule has 2 aromatic carbocycles. The molecule has 0 aliphatic heterocycles. The van der Waals surface area contributed by atoms with Crippen molar-refractivity contribution in [2.75, 3.05) is 12.4 Å². The summed E-state index contributed by atoms with van der Waals surface area (Å²) in [5, 5.41) is 39.8. The highest BCUT2D eigenvalue weighted by atomic mass is 16.8. The maximum atomic E-state index is 12.8. The third kappa shape index (κ3) is 5.07. The molecule has 3 unspecified atom stereocenters. The Labute approximate surface area is 183 Å². The van der Waals surface area contributed by atoms with Crippen molar-refractivity contribution in [3.05, 3.63) is 68.9 Å². The van der Waals surface area contributed by atoms with Gasteiger partial charge in [-0.15, -0.1) is 0 Å². The summed E-state index contributed by atoms with van der Waals surface area (Å²) in [6.45, 7) is 0. The Morgan fingerprint density at radius 2 is 1.67 bits per heavy atom. The van der Waals surface area contributed by atoms with Crippen LogP contribution >= 0.6 is 0 Å². The van der Waals surface area contributed by atoms with E-state index in [1.165, 1.54) is 36.4 Å². The van der Waals surface area contributed by atoms with E-state index in [1.807, 2.05) is 0 Å². The van der Waals surface area contributed by atoms with Gasteiger partial charge in [0.15, 0.2) is 17.3 Å². The van der Waals surface area contributed by atoms with Gasteiger partial charge < -0.3 is 25.5 Å². The Morgan fingerprint density at radius 3 is 2.24 bits per heavy atom. The number of nitrogens with one attached hydrogen (secondary N) is 4. The van der Waals surface area contributed by atoms with Gasteiger partial charge in [0.25, 0.3) is 11.5 Å². The van der Waals surface area contributed by atoms with Crippen LogP contribution in [0.5, 0.6) is 0 Å². The van der Waals surface area contributed by atoms with Crippen LogP contribution < -0.4 is 21.3 Å². The molecule has 1 amide bonds. The number of esters is 1. The van der Waals surface area contributed by atoms with E-state index in [4.69, 9.17) is 10.4 Å². The summed E-state index contributed by atoms with van der Waals surface area (Å²) in [5.41, 5.74) is -1.59. The average Bonchev–Trinajstić information content (AvgIpc) is 2.79. The fourth-order valence-corrected chi connectivity index (χ4v) is 2.91. The van der Waals surface area contributed by atoms with Crippen LogP contribution in [0.3, 0.4) is 0 Å². The normalized spacial score (nSPS) is 13.7. The van der Waals surface area contributed by atoms with Crippen LogP contribution in [0.2, 0.25) is 0 Å². The average molecular weight is 459 g/mol. The van der Waals surface area contributed by atoms with Crippen molar-refractivity contribution in [1.29, 1.82) is 0 Å². The molecule has 0 fully saturated rings. The van der Waals surface area contributed by atoms with Gasteiger partial charge >= 0.3 is 5.97 Å². The van der Waals surface area contributed by atoms with Gasteiger partial charge in [-0.3, -0.25) is 19.2 Å². The van der Waals surface area contributed by atoms with E-state index in [-0.39, 0.29) is 28.1 Å². The lowest BCUT2D eigenvalue weighted by Crippen LogP contribution is -2.99. The van der Waals surface area contributed by atoms with Crippen molar-refractivity contribution in [1.82, 2.24) is 9.97 Å². The number of anilines is 1. The van der Waals surface area contributed by atoms with Crippen molar-refractivity contribution in [3.63, 3.8) is 0 Å². The maximum absolute atomic E-state index is 12.8. The third-order valence-electron chi connectivity index (χ3n) is 4.55. The molecule has 3 atom stereocenters. The molecule has 14 nitrogen and oxygen atoms in total. The van der Waals surface area contributed by atoms with Crippen molar-refractivity contribution in [2.45, 2.75) is 5.92 Å². The highest BCUT2D eigenvalue weighted by Gasteiger charge is 2.37. The molecule has 0 bridgehead atoms. The lowest BCUT2D eigenvalue weighted by molar-refractivity contribution is -0.991. The van der Waals surface area contributed by atoms with Crippen LogP contribution in [0.25, 0.3) is 11.0 Å². The molecule has 0 saturated carbocycles. The molecule has 3 aromatic rings. The Morgan fingerprint density at radius 1 is 1.06 bits per heavy atom. The standard InChI is InChI=1S/C19H17N5O9/c1-33-19(28)14(16(25)18(27)20-9-2-4-10(5-3-9)23(29)30)15-17(26)22-13-8-11(24(31)32)6-7-12(13)21-15/h2-8,14,23-24,29,31H,1H3,(H,20,27)(H,22,26). The van der Waals surface area contributed by atoms with E-state index >= 15 is 0 Å². The lowest BCUT2D eigenvalue weighted by Gasteiger charge is -2.15. The molecule has 14 heteroatoms. The quantitative estimate of drug-likeness (QED) is 0.101. The Balaban J connectivity index is 1.95. The molecule has 0 spiro atoms. The predicted molar refractivity (Wildman–Crippen MR) is 109 cm³/mol. The molecule has 0 aliphatic rings. The molecule has 1 heterocycles. The molecular weight excluding hydrogens is 442 g/mol. The summed E-state index contributed by atoms with van der Waals surface area (Å²) in [6, 6.07) is 8.50. The summed E-state index contributed by atoms with van der Waals surface area (Å²) in [6.07, 6.45) is 0. The van der Waals surface area contributed by atoms with Crippen molar-refractivity contribution >= 4 is 45.8 Å². The maximum Gasteiger partial charge on any atom is 0.323 e. The molecule has 172 valence electrons. The van der Waals surface area contributed by atoms with Crippen molar-refractivity contribution in [3.8, 4) is 0 Å². The second-order valence-electron chi connectivity index (χ2n) is 6.65. The van der Waals surface area contributed by atoms with E-state index in [1.54, 1.807) is 0 Å². The topological polar surface area (TPSA) is 214 Å². The summed E-state index contributed by atoms with van der Waals surface area (Å²) in [5.74, 6) is -5.82. The number of Topliss-reactive ketones (excluding diaryl/α,β-unsaturated/α-hetero) is 1. The Kier molecular flexibility index (Phi) is 6.88. The molecule has 3 rings (SSSR count). The highest BCUT2D eigenvalue weighted by molar-refractivity contribution is 6.45. The minimum absolute atomic E-state index is 0.0442. The molecule has 0 radical (unpaired) electrons. The number of H-pyrrole nitrogens is 1. The number of aromatic amines is 1. The SMILES string of the molecule is COC(=O)C(C(=O)C(=O)Nc1ccc([NH+]([O-])O)cc1)c1nc2ccc([NH+]([O-])O)cc2[nH]c1=O. The van der Waals surface area contributed by atoms with Gasteiger partial charge in [0.2, 0.25) is 5.78 Å². The number of methoxy groups -OCH3 is 1. The van der Waals surface area contributed by atoms with Crippen LogP contribution in [0, 0.1) is 10.4 Å². The fraction of sp³-hybridized carbons (Fsp3) is 0.105. The molecule has 1 aromatic heterocycles. The second kappa shape index (κ2) is 9.61. The molecule has 6 N–H and O–H groups in total. The van der Waals surface area contributed by atoms with Gasteiger partial charge in [-0.05, 0) is 18.2 Å². The van der Waals surface area contributed by atoms with Crippen LogP contribution in [0.15, 0.2) is 47.3 Å². The fourth-order valence-electron chi connectivity index (χ4n) is 2.91. The number of benzene rings is 2. The first-order chi connectivity index (χ1) is 15.6. The van der Waals surface area contributed by atoms with Crippen LogP contribution in [-0.4, -0.2) is 45.2 Å². The Bertz CT molecular complexity index is 1270. The zero-order valence-electron chi connectivity index (χ0n) is 16.8. The minimum atomic E-state index is -2.00. The van der Waals surface area contributed by atoms with Crippen LogP contribution in [-0.2, 0) is 19.1 Å². The smallest absolute Gasteiger partial charge is 0.323 e. The number of nitrogens with zero attached hydrogens (tertiary/aromatic N) is 1. The lowest BCUT2D eigenvalue weighted by atomic mass is 9.99. The first-order valence-corrected chi connectivity index (χ1v) is 9.16. The van der Waals surface area contributed by atoms with Gasteiger partial charge in [-0.2, -0.15) is 10.5 Å². The largest absolute Gasteiger partial charge is 0.595 e. The zero-order chi connectivity index (χ0) is 24.3. The van der Waals surface area contributed by atoms with E-state index in [2.05, 4.69) is 20.0 Å². The van der Waals surface area contributed by atoms with E-state index in [0.29, 0.717) is 0 Å². The predicted octanol–water partition coefficient (Wildman–Crippen LogP) is -1.81. The number of aromatic nitrogens is 2. The molecule has 0 aliphatic carbocycles. The number of hydrogen-bond donors (Lipinski definition) is 6. The summed E-state index contributed by atoms with van der Waals surface area (Å²) < 4.78 is 4.57. The van der Waals surface area contributed by atoms with Gasteiger partial charge in [-0.1, -0.05) is 0 Å². The van der Waals surface area contributed by atoms with E-state index in [9.17, 15) is 29.6 Å². The van der Waals surface area contributed by atoms with Crippen LogP contribution in [0.1, 0.15) is 11.6 Å². The first-order valence-electron chi connectivity index (χ1n) is 9.16. The van der Waals surface area contributed by atoms with E-state index < -0.39 is 45.3 Å². The number of carbonyl (C=O) groups excluding carboxylic acids is 3. The number of quaternary nitrogens is 2. The van der Waals surface area contributed by atoms with Gasteiger partial charge in [-0.25, -0.2) is 15.4 Å². The van der Waals surface area contributed by atoms with E-state index in [0.717, 1.165) is 13.2 Å². The number of ketones is 1. The molecule has 0 saturated heterocycles. The second-order valence-corrected chi connectivity index (χ2v) is 6.65. The summed E-state index contributed by atoms with van der Waals surface area (Å²) in [7, 11) is 0.958. The first kappa shape index (κ1) is 23.6. The minimum Gasteiger partial charge on any atom is -0.595 e. The number of fused-ring (bicyclic) bond motifs is 1. The number of amides is 1. The third-order valence-corrected chi connectivity index (χ3v) is 4.55. The summed E-state index contributed by atoms with van der Waals surface area (Å²) >= 11 is 0. The molecular formula is C19H17N5O9. The number of ether oxygens (including phenoxy) is 1. The van der Waals surface area contributed by atoms with Crippen molar-refractivity contribution in [2.24, 2.45) is 0 Å². The van der Waals surface area contributed by atoms with Gasteiger partial charge in [0.1, 0.15) is 5.69 Å². The Hall–Kier alpha value is -4.05. The number of carbonyl (C=O) groups is 3.